The number of nitrogens with zero attached hydrogens (tertiary/aromatic N) is 3. The first-order valence-corrected chi connectivity index (χ1v) is 10.6. The van der Waals surface area contributed by atoms with Crippen LogP contribution in [0.25, 0.3) is 0 Å². The molecule has 3 rings (SSSR count). The van der Waals surface area contributed by atoms with Gasteiger partial charge in [0.2, 0.25) is 5.91 Å². The van der Waals surface area contributed by atoms with E-state index in [9.17, 15) is 4.79 Å². The Hall–Kier alpha value is -1.34. The number of nitrogens with one attached hydrogen (secondary N) is 1. The van der Waals surface area contributed by atoms with Crippen molar-refractivity contribution in [3.63, 3.8) is 0 Å². The summed E-state index contributed by atoms with van der Waals surface area (Å²) in [6, 6.07) is 8.15. The van der Waals surface area contributed by atoms with E-state index in [0.717, 1.165) is 41.3 Å². The molecule has 0 fully saturated rings. The van der Waals surface area contributed by atoms with Crippen LogP contribution in [0.4, 0.5) is 0 Å². The fourth-order valence-electron chi connectivity index (χ4n) is 2.92. The Labute approximate surface area is 161 Å². The van der Waals surface area contributed by atoms with Crippen molar-refractivity contribution in [3.05, 3.63) is 40.4 Å². The minimum Gasteiger partial charge on any atom is -0.356 e. The summed E-state index contributed by atoms with van der Waals surface area (Å²) >= 11 is 5.13. The number of hydrogen-bond acceptors (Lipinski definition) is 4. The Morgan fingerprint density at radius 3 is 2.88 bits per heavy atom. The van der Waals surface area contributed by atoms with E-state index in [-0.39, 0.29) is 5.91 Å². The summed E-state index contributed by atoms with van der Waals surface area (Å²) in [5.41, 5.74) is 0. The zero-order chi connectivity index (χ0) is 17.5. The minimum atomic E-state index is 0.0974. The molecule has 0 radical (unpaired) electrons. The molecule has 1 aliphatic heterocycles. The molecule has 1 aromatic carbocycles. The average molecular weight is 423 g/mol. The van der Waals surface area contributed by atoms with Crippen LogP contribution in [0, 0.1) is 0 Å². The lowest BCUT2D eigenvalue weighted by Crippen LogP contribution is -2.26. The van der Waals surface area contributed by atoms with E-state index in [1.807, 2.05) is 12.1 Å². The van der Waals surface area contributed by atoms with Gasteiger partial charge in [0.05, 0.1) is 0 Å². The number of carbonyl (C=O) groups is 1. The van der Waals surface area contributed by atoms with E-state index in [4.69, 9.17) is 0 Å². The number of halogens is 1. The summed E-state index contributed by atoms with van der Waals surface area (Å²) in [7, 11) is 0. The van der Waals surface area contributed by atoms with E-state index in [2.05, 4.69) is 48.1 Å². The molecule has 0 spiro atoms. The number of thioether (sulfide) groups is 1. The molecule has 0 bridgehead atoms. The Morgan fingerprint density at radius 1 is 1.20 bits per heavy atom. The number of hydrogen-bond donors (Lipinski definition) is 1. The molecule has 0 unspecified atom stereocenters. The molecule has 0 saturated heterocycles. The SMILES string of the molecule is O=C(CCSc1ccc(Br)cc1)NCCc1nnc2n1CCCCC2. The van der Waals surface area contributed by atoms with E-state index in [1.165, 1.54) is 24.2 Å². The van der Waals surface area contributed by atoms with Gasteiger partial charge in [0.25, 0.3) is 0 Å². The van der Waals surface area contributed by atoms with Crippen LogP contribution in [0.5, 0.6) is 0 Å². The quantitative estimate of drug-likeness (QED) is 0.692. The smallest absolute Gasteiger partial charge is 0.220 e. The zero-order valence-corrected chi connectivity index (χ0v) is 16.6. The van der Waals surface area contributed by atoms with Crippen molar-refractivity contribution < 1.29 is 4.79 Å². The maximum atomic E-state index is 12.0. The van der Waals surface area contributed by atoms with E-state index in [1.54, 1.807) is 11.8 Å². The maximum Gasteiger partial charge on any atom is 0.220 e. The molecule has 0 aliphatic carbocycles. The number of aromatic nitrogens is 3. The Balaban J connectivity index is 1.37. The van der Waals surface area contributed by atoms with E-state index in [0.29, 0.717) is 13.0 Å². The standard InChI is InChI=1S/C18H23BrN4OS/c19-14-5-7-15(8-6-14)25-13-10-18(24)20-11-9-17-22-21-16-4-2-1-3-12-23(16)17/h5-8H,1-4,9-13H2,(H,20,24). The second-order valence-electron chi connectivity index (χ2n) is 6.15. The summed E-state index contributed by atoms with van der Waals surface area (Å²) in [4.78, 5) is 13.2. The fourth-order valence-corrected chi connectivity index (χ4v) is 4.04. The predicted octanol–water partition coefficient (Wildman–Crippen LogP) is 3.61. The van der Waals surface area contributed by atoms with Crippen LogP contribution in [-0.2, 0) is 24.2 Å². The van der Waals surface area contributed by atoms with Gasteiger partial charge in [-0.1, -0.05) is 22.4 Å². The van der Waals surface area contributed by atoms with Gasteiger partial charge in [-0.15, -0.1) is 22.0 Å². The minimum absolute atomic E-state index is 0.0974. The Bertz CT molecular complexity index is 702. The lowest BCUT2D eigenvalue weighted by atomic mass is 10.2. The highest BCUT2D eigenvalue weighted by atomic mass is 79.9. The van der Waals surface area contributed by atoms with Gasteiger partial charge in [0.15, 0.2) is 0 Å². The third kappa shape index (κ3) is 5.57. The highest BCUT2D eigenvalue weighted by Crippen LogP contribution is 2.21. The Morgan fingerprint density at radius 2 is 2.04 bits per heavy atom. The summed E-state index contributed by atoms with van der Waals surface area (Å²) < 4.78 is 3.31. The monoisotopic (exact) mass is 422 g/mol. The number of fused-ring (bicyclic) bond motifs is 1. The van der Waals surface area contributed by atoms with Crippen molar-refractivity contribution in [3.8, 4) is 0 Å². The first-order chi connectivity index (χ1) is 12.2. The number of aryl methyl sites for hydroxylation is 1. The highest BCUT2D eigenvalue weighted by molar-refractivity contribution is 9.10. The predicted molar refractivity (Wildman–Crippen MR) is 104 cm³/mol. The Kier molecular flexibility index (Phi) is 6.93. The molecule has 2 aromatic rings. The normalized spacial score (nSPS) is 14.0. The number of amides is 1. The molecule has 5 nitrogen and oxygen atoms in total. The molecule has 1 aliphatic rings. The van der Waals surface area contributed by atoms with Gasteiger partial charge in [0, 0.05) is 47.5 Å². The van der Waals surface area contributed by atoms with E-state index >= 15 is 0 Å². The van der Waals surface area contributed by atoms with Crippen LogP contribution in [0.2, 0.25) is 0 Å². The van der Waals surface area contributed by atoms with Gasteiger partial charge in [-0.3, -0.25) is 4.79 Å². The van der Waals surface area contributed by atoms with Crippen molar-refractivity contribution in [2.45, 2.75) is 50.0 Å². The molecule has 2 heterocycles. The fraction of sp³-hybridized carbons (Fsp3) is 0.500. The number of rotatable bonds is 7. The summed E-state index contributed by atoms with van der Waals surface area (Å²) in [6.45, 7) is 1.63. The first kappa shape index (κ1) is 18.5. The van der Waals surface area contributed by atoms with Gasteiger partial charge in [-0.25, -0.2) is 0 Å². The van der Waals surface area contributed by atoms with Crippen molar-refractivity contribution in [1.29, 1.82) is 0 Å². The summed E-state index contributed by atoms with van der Waals surface area (Å²) in [5, 5.41) is 11.6. The second kappa shape index (κ2) is 9.38. The number of benzene rings is 1. The molecule has 25 heavy (non-hydrogen) atoms. The third-order valence-corrected chi connectivity index (χ3v) is 5.81. The van der Waals surface area contributed by atoms with Crippen LogP contribution >= 0.6 is 27.7 Å². The molecule has 0 saturated carbocycles. The zero-order valence-electron chi connectivity index (χ0n) is 14.2. The molecule has 1 N–H and O–H groups in total. The van der Waals surface area contributed by atoms with Crippen molar-refractivity contribution >= 4 is 33.6 Å². The third-order valence-electron chi connectivity index (χ3n) is 4.27. The summed E-state index contributed by atoms with van der Waals surface area (Å²) in [5.74, 6) is 2.99. The topological polar surface area (TPSA) is 59.8 Å². The van der Waals surface area contributed by atoms with Crippen LogP contribution < -0.4 is 5.32 Å². The molecule has 0 atom stereocenters. The molecule has 1 aromatic heterocycles. The van der Waals surface area contributed by atoms with Crippen molar-refractivity contribution in [1.82, 2.24) is 20.1 Å². The highest BCUT2D eigenvalue weighted by Gasteiger charge is 2.14. The van der Waals surface area contributed by atoms with Crippen LogP contribution in [0.1, 0.15) is 37.3 Å². The molecular weight excluding hydrogens is 400 g/mol. The molecular formula is C18H23BrN4OS. The van der Waals surface area contributed by atoms with Crippen LogP contribution in [0.3, 0.4) is 0 Å². The van der Waals surface area contributed by atoms with Gasteiger partial charge in [-0.05, 0) is 37.1 Å². The van der Waals surface area contributed by atoms with Gasteiger partial charge in [-0.2, -0.15) is 0 Å². The van der Waals surface area contributed by atoms with Gasteiger partial charge >= 0.3 is 0 Å². The lowest BCUT2D eigenvalue weighted by molar-refractivity contribution is -0.120. The molecule has 7 heteroatoms. The van der Waals surface area contributed by atoms with Crippen molar-refractivity contribution in [2.24, 2.45) is 0 Å². The first-order valence-electron chi connectivity index (χ1n) is 8.78. The lowest BCUT2D eigenvalue weighted by Gasteiger charge is -2.08. The summed E-state index contributed by atoms with van der Waals surface area (Å²) in [6.07, 6.45) is 5.95. The largest absolute Gasteiger partial charge is 0.356 e. The van der Waals surface area contributed by atoms with Crippen LogP contribution in [0.15, 0.2) is 33.6 Å². The average Bonchev–Trinajstić information content (AvgIpc) is 2.84. The van der Waals surface area contributed by atoms with Gasteiger partial charge < -0.3 is 9.88 Å². The number of carbonyl (C=O) groups excluding carboxylic acids is 1. The van der Waals surface area contributed by atoms with E-state index < -0.39 is 0 Å². The molecule has 1 amide bonds. The van der Waals surface area contributed by atoms with Crippen molar-refractivity contribution in [2.75, 3.05) is 12.3 Å². The molecule has 134 valence electrons. The maximum absolute atomic E-state index is 12.0. The van der Waals surface area contributed by atoms with Crippen LogP contribution in [-0.4, -0.2) is 33.0 Å². The second-order valence-corrected chi connectivity index (χ2v) is 8.23. The van der Waals surface area contributed by atoms with Gasteiger partial charge in [0.1, 0.15) is 11.6 Å².